The molecule has 6 nitrogen and oxygen atoms in total. The molecule has 1 aromatic rings. The Labute approximate surface area is 249 Å². The lowest BCUT2D eigenvalue weighted by atomic mass is 9.44. The van der Waals surface area contributed by atoms with E-state index in [9.17, 15) is 14.7 Å². The Bertz CT molecular complexity index is 1020. The third kappa shape index (κ3) is 5.48. The van der Waals surface area contributed by atoms with Crippen molar-refractivity contribution >= 4 is 23.5 Å². The van der Waals surface area contributed by atoms with E-state index in [4.69, 9.17) is 9.84 Å². The number of aromatic nitrogens is 1. The second-order valence-corrected chi connectivity index (χ2v) is 13.3. The summed E-state index contributed by atoms with van der Waals surface area (Å²) < 4.78 is 8.32. The lowest BCUT2D eigenvalue weighted by Gasteiger charge is -2.61. The summed E-state index contributed by atoms with van der Waals surface area (Å²) in [6.07, 6.45) is 8.97. The van der Waals surface area contributed by atoms with E-state index in [0.29, 0.717) is 19.3 Å². The minimum atomic E-state index is -0.659. The summed E-state index contributed by atoms with van der Waals surface area (Å²) in [5, 5.41) is 20.6. The van der Waals surface area contributed by atoms with Crippen LogP contribution in [0.2, 0.25) is 0 Å². The molecule has 2 N–H and O–H groups in total. The second-order valence-electron chi connectivity index (χ2n) is 12.2. The summed E-state index contributed by atoms with van der Waals surface area (Å²) in [4.78, 5) is 27.7. The average Bonchev–Trinajstić information content (AvgIpc) is 3.25. The Hall–Kier alpha value is -0.970. The van der Waals surface area contributed by atoms with Crippen LogP contribution in [0.15, 0.2) is 42.1 Å². The van der Waals surface area contributed by atoms with E-state index in [1.54, 1.807) is 0 Å². The Morgan fingerprint density at radius 1 is 1.26 bits per heavy atom. The summed E-state index contributed by atoms with van der Waals surface area (Å²) in [6.45, 7) is 13.5. The van der Waals surface area contributed by atoms with E-state index >= 15 is 0 Å². The van der Waals surface area contributed by atoms with Crippen LogP contribution >= 0.6 is 11.8 Å². The molecule has 38 heavy (non-hydrogen) atoms. The molecule has 0 spiro atoms. The van der Waals surface area contributed by atoms with E-state index in [1.807, 2.05) is 42.1 Å². The normalized spacial score (nSPS) is 38.4. The molecule has 212 valence electrons. The van der Waals surface area contributed by atoms with Gasteiger partial charge < -0.3 is 38.9 Å². The van der Waals surface area contributed by atoms with E-state index in [-0.39, 0.29) is 71.3 Å². The molecule has 4 rings (SSSR count). The molecule has 8 heteroatoms. The number of carbonyl (C=O) groups excluding carboxylic acids is 2. The zero-order valence-corrected chi connectivity index (χ0v) is 26.2. The van der Waals surface area contributed by atoms with Gasteiger partial charge in [-0.25, -0.2) is 4.57 Å². The molecule has 3 saturated carbocycles. The molecule has 1 heterocycles. The SMILES string of the molecule is C=C[C@]1(C)C[C@@H](OC(=O)CSc2cc[n+](CCCO)cc2)[C@]2(C)[C@H](C)CC[C@]3(CCC(=O)[C@H]32)[C@@H](C)[C@@H]1O.[I-]. The van der Waals surface area contributed by atoms with Gasteiger partial charge in [0.15, 0.2) is 18.9 Å². The fourth-order valence-electron chi connectivity index (χ4n) is 7.78. The van der Waals surface area contributed by atoms with Gasteiger partial charge in [-0.1, -0.05) is 33.8 Å². The number of carbonyl (C=O) groups is 2. The molecule has 2 bridgehead atoms. The van der Waals surface area contributed by atoms with Crippen LogP contribution in [-0.4, -0.2) is 46.5 Å². The first kappa shape index (κ1) is 31.6. The van der Waals surface area contributed by atoms with Crippen molar-refractivity contribution in [3.63, 3.8) is 0 Å². The fraction of sp³-hybridized carbons (Fsp3) is 0.700. The fourth-order valence-corrected chi connectivity index (χ4v) is 8.45. The highest BCUT2D eigenvalue weighted by molar-refractivity contribution is 8.00. The van der Waals surface area contributed by atoms with Crippen molar-refractivity contribution in [3.05, 3.63) is 37.2 Å². The number of ether oxygens (including phenoxy) is 1. The predicted octanol–water partition coefficient (Wildman–Crippen LogP) is 1.36. The molecule has 3 aliphatic carbocycles. The number of ketones is 1. The van der Waals surface area contributed by atoms with Gasteiger partial charge >= 0.3 is 5.97 Å². The van der Waals surface area contributed by atoms with E-state index in [2.05, 4.69) is 27.4 Å². The molecule has 0 aromatic carbocycles. The standard InChI is InChI=1S/C30H44NO5S.HI/c1-6-28(4)18-24(36-25(34)19-37-22-10-15-31(16-11-22)14-7-17-32)29(5)20(2)8-12-30(21(3)27(28)35)13-9-23(33)26(29)30;/h6,10-11,15-16,20-21,24,26-27,32,35H,1,7-9,12-14,17-19H2,2-5H3;1H/q+1;/p-1/t20-,21+,24-,26+,27+,28-,29+,30+;/m1./s1. The van der Waals surface area contributed by atoms with Crippen molar-refractivity contribution in [2.24, 2.45) is 34.0 Å². The maximum atomic E-state index is 13.5. The number of hydrogen-bond acceptors (Lipinski definition) is 6. The molecule has 3 fully saturated rings. The maximum absolute atomic E-state index is 13.5. The maximum Gasteiger partial charge on any atom is 0.316 e. The third-order valence-electron chi connectivity index (χ3n) is 10.4. The highest BCUT2D eigenvalue weighted by atomic mass is 127. The van der Waals surface area contributed by atoms with Gasteiger partial charge in [0.05, 0.1) is 11.9 Å². The number of pyridine rings is 1. The van der Waals surface area contributed by atoms with E-state index in [1.165, 1.54) is 11.8 Å². The van der Waals surface area contributed by atoms with Gasteiger partial charge in [-0.2, -0.15) is 0 Å². The minimum Gasteiger partial charge on any atom is -1.00 e. The number of rotatable bonds is 8. The van der Waals surface area contributed by atoms with Crippen LogP contribution in [0.25, 0.3) is 0 Å². The van der Waals surface area contributed by atoms with Crippen molar-refractivity contribution in [2.75, 3.05) is 12.4 Å². The Morgan fingerprint density at radius 3 is 2.58 bits per heavy atom. The van der Waals surface area contributed by atoms with Crippen molar-refractivity contribution in [1.29, 1.82) is 0 Å². The molecular formula is C30H44INO5S. The number of hydrogen-bond donors (Lipinski definition) is 2. The molecule has 1 aromatic heterocycles. The molecule has 0 saturated heterocycles. The van der Waals surface area contributed by atoms with Gasteiger partial charge in [0.25, 0.3) is 0 Å². The van der Waals surface area contributed by atoms with Crippen LogP contribution in [0.5, 0.6) is 0 Å². The Kier molecular flexibility index (Phi) is 10.2. The summed E-state index contributed by atoms with van der Waals surface area (Å²) in [6, 6.07) is 3.93. The summed E-state index contributed by atoms with van der Waals surface area (Å²) >= 11 is 1.43. The van der Waals surface area contributed by atoms with Gasteiger partial charge in [0.1, 0.15) is 11.9 Å². The number of aryl methyl sites for hydroxylation is 1. The van der Waals surface area contributed by atoms with Crippen molar-refractivity contribution in [2.45, 2.75) is 89.9 Å². The van der Waals surface area contributed by atoms with Crippen LogP contribution in [0, 0.1) is 34.0 Å². The smallest absolute Gasteiger partial charge is 0.316 e. The molecule has 0 amide bonds. The van der Waals surface area contributed by atoms with Crippen molar-refractivity contribution in [1.82, 2.24) is 0 Å². The van der Waals surface area contributed by atoms with Gasteiger partial charge in [0, 0.05) is 53.2 Å². The number of aliphatic hydroxyl groups is 2. The quantitative estimate of drug-likeness (QED) is 0.145. The number of Topliss-reactive ketones (excluding diaryl/α,β-unsaturated/α-hetero) is 1. The predicted molar refractivity (Wildman–Crippen MR) is 144 cm³/mol. The molecule has 0 unspecified atom stereocenters. The monoisotopic (exact) mass is 657 g/mol. The van der Waals surface area contributed by atoms with Crippen molar-refractivity contribution in [3.8, 4) is 0 Å². The van der Waals surface area contributed by atoms with Gasteiger partial charge in [-0.05, 0) is 42.9 Å². The highest BCUT2D eigenvalue weighted by Crippen LogP contribution is 2.68. The first-order valence-electron chi connectivity index (χ1n) is 13.8. The topological polar surface area (TPSA) is 87.7 Å². The van der Waals surface area contributed by atoms with Crippen LogP contribution < -0.4 is 28.5 Å². The van der Waals surface area contributed by atoms with Gasteiger partial charge in [-0.15, -0.1) is 18.3 Å². The van der Waals surface area contributed by atoms with E-state index in [0.717, 1.165) is 30.7 Å². The van der Waals surface area contributed by atoms with Crippen LogP contribution in [0.1, 0.15) is 66.2 Å². The molecular weight excluding hydrogens is 613 g/mol. The zero-order chi connectivity index (χ0) is 27.0. The number of aliphatic hydroxyl groups excluding tert-OH is 2. The average molecular weight is 658 g/mol. The molecule has 0 aliphatic heterocycles. The van der Waals surface area contributed by atoms with Crippen LogP contribution in [0.4, 0.5) is 0 Å². The second kappa shape index (κ2) is 12.3. The first-order valence-corrected chi connectivity index (χ1v) is 14.8. The largest absolute Gasteiger partial charge is 1.00 e. The number of halogens is 1. The number of thioether (sulfide) groups is 1. The van der Waals surface area contributed by atoms with Crippen LogP contribution in [0.3, 0.4) is 0 Å². The first-order chi connectivity index (χ1) is 17.5. The summed E-state index contributed by atoms with van der Waals surface area (Å²) in [5.41, 5.74) is -1.38. The number of esters is 1. The number of nitrogens with zero attached hydrogens (tertiary/aromatic N) is 1. The highest BCUT2D eigenvalue weighted by Gasteiger charge is 2.68. The van der Waals surface area contributed by atoms with Crippen molar-refractivity contribution < 1.29 is 53.1 Å². The lowest BCUT2D eigenvalue weighted by molar-refractivity contribution is -0.697. The summed E-state index contributed by atoms with van der Waals surface area (Å²) in [7, 11) is 0. The zero-order valence-electron chi connectivity index (χ0n) is 23.2. The van der Waals surface area contributed by atoms with Gasteiger partial charge in [0.2, 0.25) is 0 Å². The summed E-state index contributed by atoms with van der Waals surface area (Å²) in [5.74, 6) is 0.120. The van der Waals surface area contributed by atoms with Gasteiger partial charge in [-0.3, -0.25) is 9.59 Å². The van der Waals surface area contributed by atoms with E-state index < -0.39 is 23.0 Å². The molecule has 0 radical (unpaired) electrons. The van der Waals surface area contributed by atoms with Crippen LogP contribution in [-0.2, 0) is 20.9 Å². The third-order valence-corrected chi connectivity index (χ3v) is 11.4. The Balaban J connectivity index is 0.00000400. The Morgan fingerprint density at radius 2 is 1.95 bits per heavy atom. The molecule has 8 atom stereocenters. The minimum absolute atomic E-state index is 0. The lowest BCUT2D eigenvalue weighted by Crippen LogP contribution is -3.00. The molecule has 3 aliphatic rings.